The summed E-state index contributed by atoms with van der Waals surface area (Å²) in [5.74, 6) is 0. The van der Waals surface area contributed by atoms with E-state index in [1.54, 1.807) is 12.4 Å². The first-order valence-electron chi connectivity index (χ1n) is 9.67. The Balaban J connectivity index is 1.81. The first-order valence-corrected chi connectivity index (χ1v) is 9.67. The third-order valence-electron chi connectivity index (χ3n) is 4.34. The van der Waals surface area contributed by atoms with Gasteiger partial charge < -0.3 is 0 Å². The summed E-state index contributed by atoms with van der Waals surface area (Å²) < 4.78 is 0. The summed E-state index contributed by atoms with van der Waals surface area (Å²) >= 11 is 0. The predicted octanol–water partition coefficient (Wildman–Crippen LogP) is 6.38. The molecule has 0 amide bonds. The zero-order valence-corrected chi connectivity index (χ0v) is 16.1. The maximum absolute atomic E-state index is 4.16. The van der Waals surface area contributed by atoms with Crippen LogP contribution in [0.15, 0.2) is 70.9 Å². The summed E-state index contributed by atoms with van der Waals surface area (Å²) in [4.78, 5) is 0. The van der Waals surface area contributed by atoms with Crippen molar-refractivity contribution in [3.63, 3.8) is 0 Å². The standard InChI is InChI=1S/C24H30N2/c1-3-5-7-9-21-11-15-23(16-12-21)19-25-26-20-24-17-13-22(14-18-24)10-8-6-4-2/h3,5,11-20H,4,6-10H2,1-2H3/b5-3+,25-19?,26-20?. The average molecular weight is 347 g/mol. The van der Waals surface area contributed by atoms with E-state index in [-0.39, 0.29) is 0 Å². The molecule has 136 valence electrons. The highest BCUT2D eigenvalue weighted by Gasteiger charge is 1.94. The molecule has 2 aromatic rings. The van der Waals surface area contributed by atoms with Gasteiger partial charge in [0.15, 0.2) is 0 Å². The summed E-state index contributed by atoms with van der Waals surface area (Å²) in [6.45, 7) is 4.29. The third-order valence-corrected chi connectivity index (χ3v) is 4.34. The second-order valence-electron chi connectivity index (χ2n) is 6.54. The fraction of sp³-hybridized carbons (Fsp3) is 0.333. The van der Waals surface area contributed by atoms with Crippen LogP contribution in [0.3, 0.4) is 0 Å². The monoisotopic (exact) mass is 346 g/mol. The van der Waals surface area contributed by atoms with Crippen molar-refractivity contribution in [1.82, 2.24) is 0 Å². The van der Waals surface area contributed by atoms with Crippen LogP contribution in [0.5, 0.6) is 0 Å². The van der Waals surface area contributed by atoms with Crippen molar-refractivity contribution < 1.29 is 0 Å². The maximum atomic E-state index is 4.16. The fourth-order valence-corrected chi connectivity index (χ4v) is 2.74. The molecule has 0 spiro atoms. The minimum absolute atomic E-state index is 1.07. The molecule has 26 heavy (non-hydrogen) atoms. The topological polar surface area (TPSA) is 24.7 Å². The summed E-state index contributed by atoms with van der Waals surface area (Å²) in [7, 11) is 0. The van der Waals surface area contributed by atoms with Gasteiger partial charge in [0, 0.05) is 0 Å². The lowest BCUT2D eigenvalue weighted by Crippen LogP contribution is -1.87. The lowest BCUT2D eigenvalue weighted by molar-refractivity contribution is 0.717. The Morgan fingerprint density at radius 2 is 1.27 bits per heavy atom. The van der Waals surface area contributed by atoms with Gasteiger partial charge in [-0.2, -0.15) is 10.2 Å². The molecule has 0 radical (unpaired) electrons. The summed E-state index contributed by atoms with van der Waals surface area (Å²) in [6, 6.07) is 17.1. The highest BCUT2D eigenvalue weighted by molar-refractivity contribution is 5.82. The van der Waals surface area contributed by atoms with Gasteiger partial charge in [0.1, 0.15) is 0 Å². The van der Waals surface area contributed by atoms with Crippen LogP contribution in [0.25, 0.3) is 0 Å². The molecule has 2 nitrogen and oxygen atoms in total. The first kappa shape index (κ1) is 19.8. The fourth-order valence-electron chi connectivity index (χ4n) is 2.74. The molecule has 0 saturated carbocycles. The lowest BCUT2D eigenvalue weighted by Gasteiger charge is -2.00. The number of hydrogen-bond acceptors (Lipinski definition) is 2. The van der Waals surface area contributed by atoms with Crippen molar-refractivity contribution in [2.75, 3.05) is 0 Å². The molecule has 0 aliphatic rings. The second kappa shape index (κ2) is 12.0. The minimum atomic E-state index is 1.07. The molecule has 2 rings (SSSR count). The minimum Gasteiger partial charge on any atom is -0.159 e. The van der Waals surface area contributed by atoms with Crippen LogP contribution in [0.4, 0.5) is 0 Å². The van der Waals surface area contributed by atoms with E-state index in [0.717, 1.165) is 30.4 Å². The van der Waals surface area contributed by atoms with Crippen LogP contribution >= 0.6 is 0 Å². The number of aryl methyl sites for hydroxylation is 2. The molecule has 0 heterocycles. The van der Waals surface area contributed by atoms with Crippen LogP contribution < -0.4 is 0 Å². The van der Waals surface area contributed by atoms with Gasteiger partial charge in [0.25, 0.3) is 0 Å². The van der Waals surface area contributed by atoms with Crippen LogP contribution in [0.2, 0.25) is 0 Å². The number of unbranched alkanes of at least 4 members (excludes halogenated alkanes) is 2. The zero-order chi connectivity index (χ0) is 18.5. The van der Waals surface area contributed by atoms with Gasteiger partial charge in [-0.3, -0.25) is 0 Å². The van der Waals surface area contributed by atoms with Crippen molar-refractivity contribution in [1.29, 1.82) is 0 Å². The smallest absolute Gasteiger partial charge is 0.0568 e. The van der Waals surface area contributed by atoms with Crippen LogP contribution in [-0.4, -0.2) is 12.4 Å². The highest BCUT2D eigenvalue weighted by atomic mass is 15.2. The van der Waals surface area contributed by atoms with E-state index in [4.69, 9.17) is 0 Å². The van der Waals surface area contributed by atoms with Crippen molar-refractivity contribution >= 4 is 12.4 Å². The highest BCUT2D eigenvalue weighted by Crippen LogP contribution is 2.08. The van der Waals surface area contributed by atoms with E-state index in [0.29, 0.717) is 0 Å². The average Bonchev–Trinajstić information content (AvgIpc) is 2.68. The molecule has 0 aliphatic heterocycles. The quantitative estimate of drug-likeness (QED) is 0.206. The number of hydrogen-bond donors (Lipinski definition) is 0. The Morgan fingerprint density at radius 1 is 0.731 bits per heavy atom. The first-order chi connectivity index (χ1) is 12.8. The van der Waals surface area contributed by atoms with E-state index < -0.39 is 0 Å². The summed E-state index contributed by atoms with van der Waals surface area (Å²) in [6.07, 6.45) is 15.1. The van der Waals surface area contributed by atoms with E-state index in [1.807, 2.05) is 0 Å². The Hall–Kier alpha value is -2.48. The van der Waals surface area contributed by atoms with Crippen LogP contribution in [0.1, 0.15) is 61.8 Å². The Bertz CT molecular complexity index is 707. The van der Waals surface area contributed by atoms with Gasteiger partial charge in [-0.15, -0.1) is 0 Å². The molecule has 0 bridgehead atoms. The van der Waals surface area contributed by atoms with Gasteiger partial charge in [-0.25, -0.2) is 0 Å². The maximum Gasteiger partial charge on any atom is 0.0568 e. The van der Waals surface area contributed by atoms with Gasteiger partial charge in [0.05, 0.1) is 12.4 Å². The number of nitrogens with zero attached hydrogens (tertiary/aromatic N) is 2. The van der Waals surface area contributed by atoms with Crippen molar-refractivity contribution in [2.45, 2.75) is 52.4 Å². The van der Waals surface area contributed by atoms with Crippen molar-refractivity contribution in [2.24, 2.45) is 10.2 Å². The Labute approximate surface area is 158 Å². The largest absolute Gasteiger partial charge is 0.159 e. The van der Waals surface area contributed by atoms with Gasteiger partial charge in [-0.1, -0.05) is 80.4 Å². The molecular weight excluding hydrogens is 316 g/mol. The molecule has 0 N–H and O–H groups in total. The zero-order valence-electron chi connectivity index (χ0n) is 16.1. The number of benzene rings is 2. The van der Waals surface area contributed by atoms with Gasteiger partial charge >= 0.3 is 0 Å². The van der Waals surface area contributed by atoms with Crippen LogP contribution in [-0.2, 0) is 12.8 Å². The van der Waals surface area contributed by atoms with Crippen LogP contribution in [0, 0.1) is 0 Å². The van der Waals surface area contributed by atoms with Gasteiger partial charge in [0.2, 0.25) is 0 Å². The molecule has 0 atom stereocenters. The molecule has 0 saturated heterocycles. The third kappa shape index (κ3) is 7.60. The molecule has 0 unspecified atom stereocenters. The second-order valence-corrected chi connectivity index (χ2v) is 6.54. The van der Waals surface area contributed by atoms with E-state index in [2.05, 4.69) is 84.7 Å². The van der Waals surface area contributed by atoms with Crippen molar-refractivity contribution in [3.05, 3.63) is 82.9 Å². The van der Waals surface area contributed by atoms with E-state index in [1.165, 1.54) is 30.4 Å². The normalized spacial score (nSPS) is 11.9. The Kier molecular flexibility index (Phi) is 9.13. The molecule has 0 aliphatic carbocycles. The van der Waals surface area contributed by atoms with E-state index in [9.17, 15) is 0 Å². The molecule has 0 fully saturated rings. The Morgan fingerprint density at radius 3 is 1.77 bits per heavy atom. The summed E-state index contributed by atoms with van der Waals surface area (Å²) in [5.41, 5.74) is 4.90. The van der Waals surface area contributed by atoms with E-state index >= 15 is 0 Å². The molecule has 0 aromatic heterocycles. The summed E-state index contributed by atoms with van der Waals surface area (Å²) in [5, 5.41) is 8.32. The number of allylic oxidation sites excluding steroid dienone is 2. The molecule has 2 aromatic carbocycles. The lowest BCUT2D eigenvalue weighted by atomic mass is 10.1. The molecular formula is C24H30N2. The number of rotatable bonds is 10. The molecule has 2 heteroatoms. The van der Waals surface area contributed by atoms with Crippen molar-refractivity contribution in [3.8, 4) is 0 Å². The predicted molar refractivity (Wildman–Crippen MR) is 114 cm³/mol. The SMILES string of the molecule is C/C=C/CCc1ccc(C=NN=Cc2ccc(CCCCC)cc2)cc1. The van der Waals surface area contributed by atoms with Gasteiger partial charge in [-0.05, 0) is 54.9 Å².